The number of ether oxygens (including phenoxy) is 9. The van der Waals surface area contributed by atoms with E-state index in [0.29, 0.717) is 27.8 Å². The van der Waals surface area contributed by atoms with Crippen LogP contribution in [0.4, 0.5) is 75.0 Å². The van der Waals surface area contributed by atoms with E-state index in [0.717, 1.165) is 24.3 Å². The van der Waals surface area contributed by atoms with Crippen LogP contribution >= 0.6 is 0 Å². The highest BCUT2D eigenvalue weighted by molar-refractivity contribution is 7.86. The van der Waals surface area contributed by atoms with Gasteiger partial charge in [0.05, 0.1) is 205 Å². The molecule has 0 amide bonds. The van der Waals surface area contributed by atoms with Crippen molar-refractivity contribution in [2.45, 2.75) is 189 Å². The van der Waals surface area contributed by atoms with Gasteiger partial charge in [-0.05, 0) is 123 Å². The molecule has 0 aliphatic heterocycles. The zero-order valence-electron chi connectivity index (χ0n) is 68.9. The van der Waals surface area contributed by atoms with Gasteiger partial charge in [0.15, 0.2) is 6.79 Å². The SMILES string of the molecule is [B]Cc1c(C[B])c(C[B])c(OC(CS(=O)(=O)[O-])C(F)(F)F)c(C[B])c1C[B].[B]Cc1c(F)c(C[B])c(C[B])c(OC(CS(=O)(=O)[O-])C(F)(F)F)c1C[B].[B]Cc1cc(C[B])c(OC(CS(=O)(=O)[O-])C(F)(F)F)cc1C[B].[B]Cc1cc(OC(CS(=O)(=O)[O-])C(F)(F)F)cc(C[B])c1OC(=O)OC(C)(C)C.[B]Cc1cc(OC(CS(=O)(=O)[O-])C(F)(F)F)cc(C[B])c1OCOC. The molecule has 0 saturated carbocycles. The number of halogens is 16. The van der Waals surface area contributed by atoms with Gasteiger partial charge in [-0.2, -0.15) is 65.9 Å². The Kier molecular flexibility index (Phi) is 48.7. The molecule has 5 unspecified atom stereocenters. The van der Waals surface area contributed by atoms with Crippen molar-refractivity contribution in [2.75, 3.05) is 42.7 Å². The maximum atomic E-state index is 14.5. The molecule has 5 aromatic rings. The molecule has 62 heteroatoms. The van der Waals surface area contributed by atoms with E-state index in [9.17, 15) is 140 Å². The lowest BCUT2D eigenvalue weighted by molar-refractivity contribution is -0.188. The summed E-state index contributed by atoms with van der Waals surface area (Å²) < 4.78 is 416. The van der Waals surface area contributed by atoms with Gasteiger partial charge in [0.1, 0.15) is 51.7 Å². The molecule has 5 aromatic carbocycles. The number of rotatable bonds is 40. The molecule has 130 heavy (non-hydrogen) atoms. The van der Waals surface area contributed by atoms with Gasteiger partial charge in [-0.15, -0.1) is 0 Å². The quantitative estimate of drug-likeness (QED) is 0.0134. The number of benzene rings is 5. The zero-order valence-corrected chi connectivity index (χ0v) is 73.0. The van der Waals surface area contributed by atoms with Crippen molar-refractivity contribution in [3.8, 4) is 40.2 Å². The highest BCUT2D eigenvalue weighted by atomic mass is 32.2. The summed E-state index contributed by atoms with van der Waals surface area (Å²) in [5.41, 5.74) is 1.53. The molecule has 5 atom stereocenters. The van der Waals surface area contributed by atoms with Crippen LogP contribution in [0.15, 0.2) is 36.4 Å². The normalized spacial score (nSPS) is 13.6. The minimum absolute atomic E-state index is 0.00964. The number of methoxy groups -OCH3 is 1. The molecule has 0 aromatic heterocycles. The molecule has 0 saturated heterocycles. The maximum absolute atomic E-state index is 14.5. The van der Waals surface area contributed by atoms with Gasteiger partial charge in [-0.3, -0.25) is 0 Å². The third-order valence-electron chi connectivity index (χ3n) is 16.8. The summed E-state index contributed by atoms with van der Waals surface area (Å²) >= 11 is 0. The molecule has 0 aliphatic rings. The van der Waals surface area contributed by atoms with Crippen LogP contribution in [0.3, 0.4) is 0 Å². The van der Waals surface area contributed by atoms with Gasteiger partial charge >= 0.3 is 37.0 Å². The van der Waals surface area contributed by atoms with E-state index in [-0.39, 0.29) is 173 Å². The van der Waals surface area contributed by atoms with Gasteiger partial charge in [0, 0.05) is 7.11 Å². The Balaban J connectivity index is 0.000000814. The Labute approximate surface area is 763 Å². The minimum Gasteiger partial charge on any atom is -0.748 e. The Bertz CT molecular complexity index is 5030. The van der Waals surface area contributed by atoms with Crippen LogP contribution in [0.2, 0.25) is 0 Å². The van der Waals surface area contributed by atoms with Gasteiger partial charge in [0.25, 0.3) is 0 Å². The van der Waals surface area contributed by atoms with E-state index < -0.39 is 195 Å². The van der Waals surface area contributed by atoms with Gasteiger partial charge < -0.3 is 65.4 Å². The summed E-state index contributed by atoms with van der Waals surface area (Å²) in [5.74, 6) is -11.8. The fourth-order valence-corrected chi connectivity index (χ4v) is 14.4. The molecule has 684 valence electrons. The Morgan fingerprint density at radius 1 is 0.315 bits per heavy atom. The highest BCUT2D eigenvalue weighted by Crippen LogP contribution is 2.42. The number of hydrogen-bond acceptors (Lipinski definition) is 25. The first-order chi connectivity index (χ1) is 59.4. The molecular weight excluding hydrogens is 1850 g/mol. The molecule has 32 radical (unpaired) electrons. The first kappa shape index (κ1) is 122. The van der Waals surface area contributed by atoms with Crippen molar-refractivity contribution in [3.05, 3.63) is 131 Å². The smallest absolute Gasteiger partial charge is 0.514 e. The van der Waals surface area contributed by atoms with Gasteiger partial charge in [0.2, 0.25) is 30.5 Å². The van der Waals surface area contributed by atoms with Crippen LogP contribution in [0, 0.1) is 5.82 Å². The standard InChI is InChI=1S/C16H19B2F3O7S.C14H14B5F3O4S.C13H12B4F4O4S.C13H15B2F3O6S.C12H12B3F3O4S/c1-15(2,3)28-14(22)27-13-9(6-17)4-11(5-10(13)7-18)26-12(16(19,20)21)8-29(23,24)25;15-1-7-8(2-16)10(4-18)13(11(5-19)9(7)3-17)26-12(14(20,21)22)6-27(23,24)25;14-1-6-8(3-16)12(9(4-17)7(2-15)11(6)18)25-10(13(19,20)21)5-26(22,23)24;1-22-7-23-12-8(4-14)2-10(3-9(12)5-15)24-11(13(16,17)18)6-25(19,20)21;13-3-7-1-9(5-15)10(2-8(7)4-14)22-11(12(16,17)18)6-23(19,20)21/h4-5,12H,6-8H2,1-3H3,(H,23,24,25);12H,1-6H2,(H,23,24,25);10H,1-5H2,(H,22,23,24);2-3,11H,4-7H2,1H3,(H,19,20,21);1-2,11H,3-6H2,(H,19,20,21)/p-5. The van der Waals surface area contributed by atoms with Gasteiger partial charge in [-0.1, -0.05) is 124 Å². The molecule has 5 rings (SSSR count). The summed E-state index contributed by atoms with van der Waals surface area (Å²) in [5, 5.41) is 0. The number of carbonyl (C=O) groups is 1. The lowest BCUT2D eigenvalue weighted by Gasteiger charge is -2.30. The fourth-order valence-electron chi connectivity index (χ4n) is 11.2. The van der Waals surface area contributed by atoms with Crippen molar-refractivity contribution in [2.24, 2.45) is 0 Å². The molecule has 0 heterocycles. The molecule has 0 spiro atoms. The van der Waals surface area contributed by atoms with E-state index in [1.807, 2.05) is 0 Å². The second-order valence-corrected chi connectivity index (χ2v) is 34.6. The van der Waals surface area contributed by atoms with Gasteiger partial charge in [-0.25, -0.2) is 51.3 Å². The van der Waals surface area contributed by atoms with E-state index in [4.69, 9.17) is 168 Å². The summed E-state index contributed by atoms with van der Waals surface area (Å²) in [6.45, 7) is 4.65. The van der Waals surface area contributed by atoms with E-state index in [1.165, 1.54) is 19.2 Å². The van der Waals surface area contributed by atoms with Crippen LogP contribution in [0.5, 0.6) is 40.2 Å². The minimum atomic E-state index is -5.29. The molecule has 0 N–H and O–H groups in total. The van der Waals surface area contributed by atoms with Crippen LogP contribution < -0.4 is 33.2 Å². The topological polar surface area (TPSA) is 386 Å². The first-order valence-corrected chi connectivity index (χ1v) is 44.4. The van der Waals surface area contributed by atoms with Crippen LogP contribution in [-0.2, 0) is 161 Å². The van der Waals surface area contributed by atoms with E-state index in [2.05, 4.69) is 0 Å². The average molecular weight is 1920 g/mol. The third-order valence-corrected chi connectivity index (χ3v) is 20.4. The Hall–Kier alpha value is -6.40. The van der Waals surface area contributed by atoms with Crippen molar-refractivity contribution in [1.82, 2.24) is 0 Å². The monoisotopic (exact) mass is 1920 g/mol. The third kappa shape index (κ3) is 40.3. The summed E-state index contributed by atoms with van der Waals surface area (Å²) in [6.07, 6.45) is -44.5. The molecular formula is C68H67B16F16O25S5-5. The molecule has 0 aliphatic carbocycles. The first-order valence-electron chi connectivity index (χ1n) is 36.5. The summed E-state index contributed by atoms with van der Waals surface area (Å²) in [7, 11) is 64.3. The highest BCUT2D eigenvalue weighted by Gasteiger charge is 2.48. The lowest BCUT2D eigenvalue weighted by atomic mass is 9.72. The Morgan fingerprint density at radius 3 is 0.792 bits per heavy atom. The molecule has 0 fully saturated rings. The summed E-state index contributed by atoms with van der Waals surface area (Å²) in [6, 6.07) is 7.02. The number of carbonyl (C=O) groups excluding carboxylic acids is 1. The average Bonchev–Trinajstić information content (AvgIpc) is 0.767. The van der Waals surface area contributed by atoms with E-state index in [1.54, 1.807) is 20.8 Å². The number of alkyl halides is 15. The second-order valence-electron chi connectivity index (χ2n) is 27.4. The lowest BCUT2D eigenvalue weighted by Crippen LogP contribution is -2.41. The van der Waals surface area contributed by atoms with E-state index >= 15 is 0 Å². The van der Waals surface area contributed by atoms with Crippen molar-refractivity contribution >= 4 is 182 Å². The van der Waals surface area contributed by atoms with Crippen LogP contribution in [0.25, 0.3) is 0 Å². The largest absolute Gasteiger partial charge is 0.748 e. The van der Waals surface area contributed by atoms with Crippen LogP contribution in [0.1, 0.15) is 110 Å². The fraction of sp³-hybridized carbons (Fsp3) is 0.544. The van der Waals surface area contributed by atoms with Crippen molar-refractivity contribution in [1.29, 1.82) is 0 Å². The Morgan fingerprint density at radius 2 is 0.554 bits per heavy atom. The number of hydrogen-bond donors (Lipinski definition) is 0. The van der Waals surface area contributed by atoms with Crippen molar-refractivity contribution < 1.29 is 183 Å². The summed E-state index contributed by atoms with van der Waals surface area (Å²) in [4.78, 5) is 11.9. The predicted octanol–water partition coefficient (Wildman–Crippen LogP) is 3.84. The predicted molar refractivity (Wildman–Crippen MR) is 448 cm³/mol. The molecule has 0 bridgehead atoms. The van der Waals surface area contributed by atoms with Crippen LogP contribution in [-0.4, -0.2) is 306 Å². The maximum Gasteiger partial charge on any atom is 0.514 e. The second kappa shape index (κ2) is 52.1. The zero-order chi connectivity index (χ0) is 101. The molecule has 25 nitrogen and oxygen atoms in total. The van der Waals surface area contributed by atoms with Crippen molar-refractivity contribution in [3.63, 3.8) is 0 Å².